The number of unbranched alkanes of at least 4 members (excludes halogenated alkanes) is 1. The van der Waals surface area contributed by atoms with Gasteiger partial charge in [-0.15, -0.1) is 6.58 Å². The van der Waals surface area contributed by atoms with Gasteiger partial charge >= 0.3 is 0 Å². The Morgan fingerprint density at radius 1 is 1.29 bits per heavy atom. The van der Waals surface area contributed by atoms with E-state index < -0.39 is 21.7 Å². The Bertz CT molecular complexity index is 500. The average molecular weight is 261 g/mol. The van der Waals surface area contributed by atoms with Gasteiger partial charge in [-0.2, -0.15) is 0 Å². The zero-order valence-corrected chi connectivity index (χ0v) is 9.93. The molecule has 0 bridgehead atoms. The van der Waals surface area contributed by atoms with Gasteiger partial charge in [0.25, 0.3) is 0 Å². The molecule has 1 aromatic rings. The number of sulfonamides is 1. The molecule has 0 saturated carbocycles. The molecule has 0 saturated heterocycles. The van der Waals surface area contributed by atoms with E-state index in [0.29, 0.717) is 18.9 Å². The standard InChI is InChI=1S/C11H13F2NO2S/c1-2-3-4-7-14-17(15,16)9-5-6-10(12)11(13)8-9/h2,5-6,8,14H,1,3-4,7H2. The number of hydrogen-bond donors (Lipinski definition) is 1. The van der Waals surface area contributed by atoms with Crippen LogP contribution in [0.15, 0.2) is 35.7 Å². The van der Waals surface area contributed by atoms with Crippen LogP contribution in [-0.4, -0.2) is 15.0 Å². The van der Waals surface area contributed by atoms with Crippen LogP contribution in [0.1, 0.15) is 12.8 Å². The lowest BCUT2D eigenvalue weighted by molar-refractivity contribution is 0.504. The first-order valence-electron chi connectivity index (χ1n) is 5.03. The first kappa shape index (κ1) is 13.8. The summed E-state index contributed by atoms with van der Waals surface area (Å²) in [5.74, 6) is -2.26. The van der Waals surface area contributed by atoms with Gasteiger partial charge in [-0.3, -0.25) is 0 Å². The van der Waals surface area contributed by atoms with Crippen molar-refractivity contribution in [2.45, 2.75) is 17.7 Å². The minimum atomic E-state index is -3.77. The fourth-order valence-corrected chi connectivity index (χ4v) is 2.27. The van der Waals surface area contributed by atoms with Crippen LogP contribution in [0.4, 0.5) is 8.78 Å². The highest BCUT2D eigenvalue weighted by Crippen LogP contribution is 2.13. The molecule has 0 atom stereocenters. The summed E-state index contributed by atoms with van der Waals surface area (Å²) >= 11 is 0. The molecule has 0 heterocycles. The Morgan fingerprint density at radius 3 is 2.59 bits per heavy atom. The molecule has 0 fully saturated rings. The highest BCUT2D eigenvalue weighted by Gasteiger charge is 2.15. The fourth-order valence-electron chi connectivity index (χ4n) is 1.18. The van der Waals surface area contributed by atoms with Gasteiger partial charge in [0.2, 0.25) is 10.0 Å². The maximum absolute atomic E-state index is 12.9. The van der Waals surface area contributed by atoms with Gasteiger partial charge in [-0.1, -0.05) is 6.08 Å². The second-order valence-electron chi connectivity index (χ2n) is 3.40. The molecular formula is C11H13F2NO2S. The molecule has 0 aliphatic carbocycles. The Balaban J connectivity index is 2.75. The summed E-state index contributed by atoms with van der Waals surface area (Å²) in [6, 6.07) is 2.47. The zero-order chi connectivity index (χ0) is 12.9. The Kier molecular flexibility index (Phi) is 4.77. The smallest absolute Gasteiger partial charge is 0.211 e. The molecular weight excluding hydrogens is 248 g/mol. The predicted molar refractivity (Wildman–Crippen MR) is 61.0 cm³/mol. The average Bonchev–Trinajstić information content (AvgIpc) is 2.28. The maximum atomic E-state index is 12.9. The topological polar surface area (TPSA) is 46.2 Å². The van der Waals surface area contributed by atoms with Crippen LogP contribution in [0.25, 0.3) is 0 Å². The molecule has 0 unspecified atom stereocenters. The van der Waals surface area contributed by atoms with Crippen molar-refractivity contribution in [1.82, 2.24) is 4.72 Å². The van der Waals surface area contributed by atoms with Gasteiger partial charge < -0.3 is 0 Å². The van der Waals surface area contributed by atoms with Crippen molar-refractivity contribution in [2.24, 2.45) is 0 Å². The molecule has 0 radical (unpaired) electrons. The second-order valence-corrected chi connectivity index (χ2v) is 5.17. The maximum Gasteiger partial charge on any atom is 0.240 e. The van der Waals surface area contributed by atoms with Gasteiger partial charge in [0.15, 0.2) is 11.6 Å². The highest BCUT2D eigenvalue weighted by molar-refractivity contribution is 7.89. The van der Waals surface area contributed by atoms with Crippen LogP contribution in [0.3, 0.4) is 0 Å². The van der Waals surface area contributed by atoms with Gasteiger partial charge in [0, 0.05) is 6.54 Å². The molecule has 0 aromatic heterocycles. The molecule has 1 rings (SSSR count). The number of benzene rings is 1. The number of nitrogens with one attached hydrogen (secondary N) is 1. The molecule has 0 amide bonds. The predicted octanol–water partition coefficient (Wildman–Crippen LogP) is 2.21. The third-order valence-corrected chi connectivity index (χ3v) is 3.54. The monoisotopic (exact) mass is 261 g/mol. The Morgan fingerprint density at radius 2 is 2.00 bits per heavy atom. The molecule has 6 heteroatoms. The van der Waals surface area contributed by atoms with E-state index in [9.17, 15) is 17.2 Å². The van der Waals surface area contributed by atoms with Crippen molar-refractivity contribution < 1.29 is 17.2 Å². The van der Waals surface area contributed by atoms with E-state index in [2.05, 4.69) is 11.3 Å². The van der Waals surface area contributed by atoms with E-state index in [-0.39, 0.29) is 11.4 Å². The van der Waals surface area contributed by atoms with E-state index in [1.54, 1.807) is 6.08 Å². The quantitative estimate of drug-likeness (QED) is 0.630. The SMILES string of the molecule is C=CCCCNS(=O)(=O)c1ccc(F)c(F)c1. The lowest BCUT2D eigenvalue weighted by Crippen LogP contribution is -2.24. The minimum Gasteiger partial charge on any atom is -0.211 e. The molecule has 1 N–H and O–H groups in total. The zero-order valence-electron chi connectivity index (χ0n) is 9.12. The van der Waals surface area contributed by atoms with Crippen molar-refractivity contribution >= 4 is 10.0 Å². The lowest BCUT2D eigenvalue weighted by Gasteiger charge is -2.06. The van der Waals surface area contributed by atoms with Crippen LogP contribution < -0.4 is 4.72 Å². The van der Waals surface area contributed by atoms with E-state index >= 15 is 0 Å². The number of allylic oxidation sites excluding steroid dienone is 1. The van der Waals surface area contributed by atoms with Gasteiger partial charge in [-0.25, -0.2) is 21.9 Å². The first-order valence-corrected chi connectivity index (χ1v) is 6.51. The van der Waals surface area contributed by atoms with E-state index in [4.69, 9.17) is 0 Å². The van der Waals surface area contributed by atoms with E-state index in [0.717, 1.165) is 12.1 Å². The normalized spacial score (nSPS) is 11.4. The van der Waals surface area contributed by atoms with E-state index in [1.165, 1.54) is 0 Å². The van der Waals surface area contributed by atoms with Gasteiger partial charge in [0.1, 0.15) is 0 Å². The Labute approximate surface area is 99.2 Å². The van der Waals surface area contributed by atoms with Crippen molar-refractivity contribution in [1.29, 1.82) is 0 Å². The summed E-state index contributed by atoms with van der Waals surface area (Å²) in [5, 5.41) is 0. The minimum absolute atomic E-state index is 0.230. The molecule has 0 aliphatic rings. The number of halogens is 2. The molecule has 1 aromatic carbocycles. The van der Waals surface area contributed by atoms with Gasteiger partial charge in [0.05, 0.1) is 4.90 Å². The first-order chi connectivity index (χ1) is 7.97. The fraction of sp³-hybridized carbons (Fsp3) is 0.273. The summed E-state index contributed by atoms with van der Waals surface area (Å²) in [4.78, 5) is -0.282. The second kappa shape index (κ2) is 5.88. The summed E-state index contributed by atoms with van der Waals surface area (Å²) in [6.45, 7) is 3.74. The van der Waals surface area contributed by atoms with Crippen molar-refractivity contribution in [2.75, 3.05) is 6.54 Å². The van der Waals surface area contributed by atoms with Crippen LogP contribution in [-0.2, 0) is 10.0 Å². The summed E-state index contributed by atoms with van der Waals surface area (Å²) in [6.07, 6.45) is 2.96. The van der Waals surface area contributed by atoms with Crippen LogP contribution in [0.5, 0.6) is 0 Å². The lowest BCUT2D eigenvalue weighted by atomic mass is 10.3. The largest absolute Gasteiger partial charge is 0.240 e. The third kappa shape index (κ3) is 3.90. The molecule has 17 heavy (non-hydrogen) atoms. The van der Waals surface area contributed by atoms with E-state index in [1.807, 2.05) is 0 Å². The van der Waals surface area contributed by atoms with Crippen molar-refractivity contribution in [3.05, 3.63) is 42.5 Å². The number of rotatable bonds is 6. The highest BCUT2D eigenvalue weighted by atomic mass is 32.2. The van der Waals surface area contributed by atoms with Crippen LogP contribution in [0, 0.1) is 11.6 Å². The van der Waals surface area contributed by atoms with Crippen LogP contribution in [0.2, 0.25) is 0 Å². The molecule has 94 valence electrons. The number of hydrogen-bond acceptors (Lipinski definition) is 2. The summed E-state index contributed by atoms with van der Waals surface area (Å²) in [5.41, 5.74) is 0. The Hall–Kier alpha value is -1.27. The molecule has 3 nitrogen and oxygen atoms in total. The van der Waals surface area contributed by atoms with Crippen molar-refractivity contribution in [3.8, 4) is 0 Å². The van der Waals surface area contributed by atoms with Crippen molar-refractivity contribution in [3.63, 3.8) is 0 Å². The molecule has 0 spiro atoms. The van der Waals surface area contributed by atoms with Gasteiger partial charge in [-0.05, 0) is 31.0 Å². The third-order valence-electron chi connectivity index (χ3n) is 2.08. The van der Waals surface area contributed by atoms with Crippen LogP contribution >= 0.6 is 0 Å². The summed E-state index contributed by atoms with van der Waals surface area (Å²) < 4.78 is 51.1. The summed E-state index contributed by atoms with van der Waals surface area (Å²) in [7, 11) is -3.77. The molecule has 0 aliphatic heterocycles.